The van der Waals surface area contributed by atoms with Crippen LogP contribution in [0.3, 0.4) is 0 Å². The van der Waals surface area contributed by atoms with E-state index in [0.29, 0.717) is 10.9 Å². The van der Waals surface area contributed by atoms with E-state index < -0.39 is 10.0 Å². The van der Waals surface area contributed by atoms with Gasteiger partial charge in [0, 0.05) is 20.6 Å². The number of nitrogens with one attached hydrogen (secondary N) is 1. The van der Waals surface area contributed by atoms with E-state index in [9.17, 15) is 8.42 Å². The van der Waals surface area contributed by atoms with Crippen molar-refractivity contribution in [3.63, 3.8) is 0 Å². The lowest BCUT2D eigenvalue weighted by atomic mass is 9.82. The van der Waals surface area contributed by atoms with E-state index in [4.69, 9.17) is 5.73 Å². The minimum Gasteiger partial charge on any atom is -0.382 e. The van der Waals surface area contributed by atoms with E-state index in [0.717, 1.165) is 24.0 Å². The average Bonchev–Trinajstić information content (AvgIpc) is 2.78. The van der Waals surface area contributed by atoms with Gasteiger partial charge in [0.2, 0.25) is 10.0 Å². The molecule has 1 heterocycles. The van der Waals surface area contributed by atoms with Gasteiger partial charge >= 0.3 is 0 Å². The van der Waals surface area contributed by atoms with Gasteiger partial charge in [0.15, 0.2) is 10.7 Å². The highest BCUT2D eigenvalue weighted by Crippen LogP contribution is 2.34. The number of sulfonamides is 1. The fourth-order valence-electron chi connectivity index (χ4n) is 2.82. The predicted octanol–water partition coefficient (Wildman–Crippen LogP) is 2.21. The van der Waals surface area contributed by atoms with Crippen molar-refractivity contribution in [1.29, 1.82) is 0 Å². The van der Waals surface area contributed by atoms with Crippen LogP contribution < -0.4 is 11.1 Å². The SMILES string of the molecule is CC1CCCC(CNc2snc(N)c2S(=O)(=O)N(C)C)C1. The second-order valence-corrected chi connectivity index (χ2v) is 8.89. The third-order valence-corrected chi connectivity index (χ3v) is 6.85. The van der Waals surface area contributed by atoms with Crippen LogP contribution in [-0.2, 0) is 10.0 Å². The highest BCUT2D eigenvalue weighted by Gasteiger charge is 2.28. The first-order valence-corrected chi connectivity index (χ1v) is 9.45. The summed E-state index contributed by atoms with van der Waals surface area (Å²) in [5, 5.41) is 3.81. The monoisotopic (exact) mass is 332 g/mol. The molecule has 1 saturated carbocycles. The summed E-state index contributed by atoms with van der Waals surface area (Å²) >= 11 is 1.12. The molecule has 1 aliphatic carbocycles. The zero-order valence-electron chi connectivity index (χ0n) is 12.8. The molecule has 3 N–H and O–H groups in total. The van der Waals surface area contributed by atoms with Crippen LogP contribution in [0.25, 0.3) is 0 Å². The van der Waals surface area contributed by atoms with E-state index in [-0.39, 0.29) is 10.7 Å². The van der Waals surface area contributed by atoms with Crippen molar-refractivity contribution in [1.82, 2.24) is 8.68 Å². The molecule has 0 amide bonds. The second kappa shape index (κ2) is 6.50. The molecular formula is C13H24N4O2S2. The number of rotatable bonds is 5. The van der Waals surface area contributed by atoms with Crippen LogP contribution in [0.4, 0.5) is 10.8 Å². The highest BCUT2D eigenvalue weighted by molar-refractivity contribution is 7.89. The molecule has 1 fully saturated rings. The first kappa shape index (κ1) is 16.5. The van der Waals surface area contributed by atoms with Gasteiger partial charge in [-0.2, -0.15) is 4.37 Å². The Morgan fingerprint density at radius 1 is 1.43 bits per heavy atom. The maximum atomic E-state index is 12.3. The minimum absolute atomic E-state index is 0.0770. The van der Waals surface area contributed by atoms with Crippen molar-refractivity contribution in [2.75, 3.05) is 31.7 Å². The molecule has 6 nitrogen and oxygen atoms in total. The van der Waals surface area contributed by atoms with Crippen molar-refractivity contribution in [2.45, 2.75) is 37.5 Å². The van der Waals surface area contributed by atoms with E-state index in [1.54, 1.807) is 0 Å². The Kier molecular flexibility index (Phi) is 5.11. The first-order valence-electron chi connectivity index (χ1n) is 7.24. The summed E-state index contributed by atoms with van der Waals surface area (Å²) in [4.78, 5) is 0.112. The van der Waals surface area contributed by atoms with Crippen LogP contribution in [0.15, 0.2) is 4.90 Å². The molecule has 0 saturated heterocycles. The largest absolute Gasteiger partial charge is 0.382 e. The van der Waals surface area contributed by atoms with Gasteiger partial charge in [0.25, 0.3) is 0 Å². The maximum absolute atomic E-state index is 12.3. The summed E-state index contributed by atoms with van der Waals surface area (Å²) in [6.45, 7) is 3.06. The smallest absolute Gasteiger partial charge is 0.249 e. The van der Waals surface area contributed by atoms with Gasteiger partial charge in [-0.05, 0) is 36.2 Å². The van der Waals surface area contributed by atoms with E-state index in [1.165, 1.54) is 44.1 Å². The molecule has 21 heavy (non-hydrogen) atoms. The molecule has 0 aromatic carbocycles. The fourth-order valence-corrected chi connectivity index (χ4v) is 4.90. The summed E-state index contributed by atoms with van der Waals surface area (Å²) in [6, 6.07) is 0. The average molecular weight is 332 g/mol. The zero-order chi connectivity index (χ0) is 15.6. The van der Waals surface area contributed by atoms with Crippen molar-refractivity contribution in [3.05, 3.63) is 0 Å². The molecule has 120 valence electrons. The van der Waals surface area contributed by atoms with Gasteiger partial charge in [-0.25, -0.2) is 12.7 Å². The number of nitrogens with zero attached hydrogens (tertiary/aromatic N) is 2. The lowest BCUT2D eigenvalue weighted by Gasteiger charge is -2.27. The topological polar surface area (TPSA) is 88.3 Å². The number of hydrogen-bond donors (Lipinski definition) is 2. The zero-order valence-corrected chi connectivity index (χ0v) is 14.4. The fraction of sp³-hybridized carbons (Fsp3) is 0.769. The first-order chi connectivity index (χ1) is 9.82. The van der Waals surface area contributed by atoms with Crippen LogP contribution in [0.1, 0.15) is 32.6 Å². The Morgan fingerprint density at radius 2 is 2.14 bits per heavy atom. The number of aromatic nitrogens is 1. The van der Waals surface area contributed by atoms with E-state index in [1.807, 2.05) is 0 Å². The molecule has 1 aromatic heterocycles. The number of hydrogen-bond acceptors (Lipinski definition) is 6. The Balaban J connectivity index is 2.11. The minimum atomic E-state index is -3.56. The normalized spacial score (nSPS) is 23.4. The Labute approximate surface area is 130 Å². The van der Waals surface area contributed by atoms with Crippen LogP contribution in [0, 0.1) is 11.8 Å². The second-order valence-electron chi connectivity index (χ2n) is 6.03. The quantitative estimate of drug-likeness (QED) is 0.863. The van der Waals surface area contributed by atoms with Gasteiger partial charge in [0.05, 0.1) is 0 Å². The van der Waals surface area contributed by atoms with Gasteiger partial charge < -0.3 is 11.1 Å². The summed E-state index contributed by atoms with van der Waals surface area (Å²) in [6.07, 6.45) is 4.93. The molecule has 2 rings (SSSR count). The Morgan fingerprint density at radius 3 is 2.76 bits per heavy atom. The molecular weight excluding hydrogens is 308 g/mol. The molecule has 2 unspecified atom stereocenters. The summed E-state index contributed by atoms with van der Waals surface area (Å²) in [7, 11) is -0.567. The predicted molar refractivity (Wildman–Crippen MR) is 87.0 cm³/mol. The molecule has 0 spiro atoms. The van der Waals surface area contributed by atoms with Crippen molar-refractivity contribution < 1.29 is 8.42 Å². The van der Waals surface area contributed by atoms with Gasteiger partial charge in [-0.3, -0.25) is 0 Å². The summed E-state index contributed by atoms with van der Waals surface area (Å²) in [5.41, 5.74) is 5.75. The van der Waals surface area contributed by atoms with Crippen LogP contribution in [-0.4, -0.2) is 37.7 Å². The lowest BCUT2D eigenvalue weighted by molar-refractivity contribution is 0.293. The molecule has 0 aliphatic heterocycles. The number of nitrogens with two attached hydrogens (primary N) is 1. The lowest BCUT2D eigenvalue weighted by Crippen LogP contribution is -2.25. The number of anilines is 2. The van der Waals surface area contributed by atoms with Crippen LogP contribution in [0.5, 0.6) is 0 Å². The maximum Gasteiger partial charge on any atom is 0.249 e. The molecule has 0 bridgehead atoms. The molecule has 1 aliphatic rings. The van der Waals surface area contributed by atoms with Crippen LogP contribution in [0.2, 0.25) is 0 Å². The molecule has 2 atom stereocenters. The molecule has 8 heteroatoms. The Hall–Kier alpha value is -0.860. The van der Waals surface area contributed by atoms with Gasteiger partial charge in [-0.1, -0.05) is 19.8 Å². The summed E-state index contributed by atoms with van der Waals surface area (Å²) < 4.78 is 29.8. The van der Waals surface area contributed by atoms with E-state index >= 15 is 0 Å². The molecule has 0 radical (unpaired) electrons. The van der Waals surface area contributed by atoms with Crippen LogP contribution >= 0.6 is 11.5 Å². The van der Waals surface area contributed by atoms with Crippen molar-refractivity contribution in [3.8, 4) is 0 Å². The third kappa shape index (κ3) is 3.67. The van der Waals surface area contributed by atoms with Gasteiger partial charge in [0.1, 0.15) is 5.00 Å². The standard InChI is InChI=1S/C13H24N4O2S2/c1-9-5-4-6-10(7-9)8-15-13-11(12(14)16-20-13)21(18,19)17(2)3/h9-10,15H,4-8H2,1-3H3,(H2,14,16). The van der Waals surface area contributed by atoms with Crippen molar-refractivity contribution >= 4 is 32.4 Å². The van der Waals surface area contributed by atoms with E-state index in [2.05, 4.69) is 16.6 Å². The number of nitrogen functional groups attached to an aromatic ring is 1. The highest BCUT2D eigenvalue weighted by atomic mass is 32.2. The Bertz CT molecular complexity index is 583. The van der Waals surface area contributed by atoms with Gasteiger partial charge in [-0.15, -0.1) is 0 Å². The summed E-state index contributed by atoms with van der Waals surface area (Å²) in [5.74, 6) is 1.42. The third-order valence-electron chi connectivity index (χ3n) is 4.01. The van der Waals surface area contributed by atoms with Crippen molar-refractivity contribution in [2.24, 2.45) is 11.8 Å². The molecule has 1 aromatic rings.